The highest BCUT2D eigenvalue weighted by Crippen LogP contribution is 2.36. The first-order valence-corrected chi connectivity index (χ1v) is 4.66. The fourth-order valence-electron chi connectivity index (χ4n) is 0.960. The Bertz CT molecular complexity index is 316. The van der Waals surface area contributed by atoms with Crippen LogP contribution in [0.2, 0.25) is 0 Å². The van der Waals surface area contributed by atoms with Crippen LogP contribution in [0.4, 0.5) is 13.2 Å². The van der Waals surface area contributed by atoms with Gasteiger partial charge in [-0.2, -0.15) is 13.2 Å². The van der Waals surface area contributed by atoms with E-state index in [9.17, 15) is 13.2 Å². The molecule has 1 atom stereocenters. The molecule has 1 aromatic carbocycles. The monoisotopic (exact) mass is 267 g/mol. The van der Waals surface area contributed by atoms with Crippen molar-refractivity contribution < 1.29 is 13.2 Å². The van der Waals surface area contributed by atoms with Gasteiger partial charge in [0.2, 0.25) is 0 Å². The van der Waals surface area contributed by atoms with Crippen molar-refractivity contribution in [2.24, 2.45) is 5.73 Å². The molecule has 2 N–H and O–H groups in total. The summed E-state index contributed by atoms with van der Waals surface area (Å²) in [6, 6.07) is 5.79. The standard InChI is InChI=1S/C9H9BrF3N/c1-8(14,9(11,12)13)6-2-4-7(10)5-3-6/h2-5H,14H2,1H3/t8-/m0/s1. The molecular weight excluding hydrogens is 259 g/mol. The van der Waals surface area contributed by atoms with Gasteiger partial charge in [-0.25, -0.2) is 0 Å². The Morgan fingerprint density at radius 1 is 1.14 bits per heavy atom. The SMILES string of the molecule is C[C@](N)(c1ccc(Br)cc1)C(F)(F)F. The first kappa shape index (κ1) is 11.5. The van der Waals surface area contributed by atoms with Gasteiger partial charge < -0.3 is 5.73 Å². The molecule has 0 aliphatic rings. The quantitative estimate of drug-likeness (QED) is 0.831. The van der Waals surface area contributed by atoms with E-state index in [2.05, 4.69) is 15.9 Å². The molecule has 5 heteroatoms. The molecule has 0 amide bonds. The molecule has 0 unspecified atom stereocenters. The molecule has 14 heavy (non-hydrogen) atoms. The molecule has 0 aliphatic heterocycles. The average molecular weight is 268 g/mol. The van der Waals surface area contributed by atoms with Gasteiger partial charge in [0.05, 0.1) is 0 Å². The van der Waals surface area contributed by atoms with E-state index in [0.29, 0.717) is 0 Å². The predicted octanol–water partition coefficient (Wildman–Crippen LogP) is 3.19. The highest BCUT2D eigenvalue weighted by Gasteiger charge is 2.49. The summed E-state index contributed by atoms with van der Waals surface area (Å²) in [6.07, 6.45) is -4.44. The number of hydrogen-bond acceptors (Lipinski definition) is 1. The maximum atomic E-state index is 12.5. The van der Waals surface area contributed by atoms with E-state index in [-0.39, 0.29) is 5.56 Å². The Morgan fingerprint density at radius 2 is 1.57 bits per heavy atom. The van der Waals surface area contributed by atoms with Crippen LogP contribution in [-0.2, 0) is 5.54 Å². The van der Waals surface area contributed by atoms with Gasteiger partial charge >= 0.3 is 6.18 Å². The molecular formula is C9H9BrF3N. The smallest absolute Gasteiger partial charge is 0.314 e. The number of hydrogen-bond donors (Lipinski definition) is 1. The lowest BCUT2D eigenvalue weighted by atomic mass is 9.93. The fraction of sp³-hybridized carbons (Fsp3) is 0.333. The van der Waals surface area contributed by atoms with E-state index in [4.69, 9.17) is 5.73 Å². The van der Waals surface area contributed by atoms with E-state index < -0.39 is 11.7 Å². The van der Waals surface area contributed by atoms with Crippen LogP contribution >= 0.6 is 15.9 Å². The zero-order chi connectivity index (χ0) is 11.0. The van der Waals surface area contributed by atoms with Gasteiger partial charge in [0.25, 0.3) is 0 Å². The topological polar surface area (TPSA) is 26.0 Å². The van der Waals surface area contributed by atoms with Crippen molar-refractivity contribution in [2.75, 3.05) is 0 Å². The van der Waals surface area contributed by atoms with E-state index in [0.717, 1.165) is 11.4 Å². The molecule has 0 saturated heterocycles. The van der Waals surface area contributed by atoms with Crippen LogP contribution in [0.25, 0.3) is 0 Å². The summed E-state index contributed by atoms with van der Waals surface area (Å²) in [5, 5.41) is 0. The van der Waals surface area contributed by atoms with Gasteiger partial charge in [-0.1, -0.05) is 28.1 Å². The lowest BCUT2D eigenvalue weighted by Gasteiger charge is -2.27. The lowest BCUT2D eigenvalue weighted by molar-refractivity contribution is -0.184. The molecule has 78 valence electrons. The van der Waals surface area contributed by atoms with Gasteiger partial charge in [-0.15, -0.1) is 0 Å². The number of halogens is 4. The second kappa shape index (κ2) is 3.55. The number of alkyl halides is 3. The molecule has 0 bridgehead atoms. The third kappa shape index (κ3) is 2.09. The molecule has 0 aromatic heterocycles. The summed E-state index contributed by atoms with van der Waals surface area (Å²) in [5.41, 5.74) is 2.98. The molecule has 1 rings (SSSR count). The molecule has 1 aromatic rings. The summed E-state index contributed by atoms with van der Waals surface area (Å²) in [7, 11) is 0. The summed E-state index contributed by atoms with van der Waals surface area (Å²) >= 11 is 3.14. The van der Waals surface area contributed by atoms with Gasteiger partial charge in [-0.05, 0) is 24.6 Å². The van der Waals surface area contributed by atoms with Gasteiger partial charge in [-0.3, -0.25) is 0 Å². The largest absolute Gasteiger partial charge is 0.410 e. The molecule has 0 saturated carbocycles. The summed E-state index contributed by atoms with van der Waals surface area (Å²) in [4.78, 5) is 0. The first-order chi connectivity index (χ1) is 6.25. The zero-order valence-electron chi connectivity index (χ0n) is 7.40. The zero-order valence-corrected chi connectivity index (χ0v) is 8.98. The van der Waals surface area contributed by atoms with Crippen molar-refractivity contribution in [3.63, 3.8) is 0 Å². The predicted molar refractivity (Wildman–Crippen MR) is 51.7 cm³/mol. The molecule has 0 spiro atoms. The number of nitrogens with two attached hydrogens (primary N) is 1. The Hall–Kier alpha value is -0.550. The minimum absolute atomic E-state index is 0.0493. The van der Waals surface area contributed by atoms with Crippen LogP contribution in [0.1, 0.15) is 12.5 Å². The van der Waals surface area contributed by atoms with E-state index in [1.165, 1.54) is 24.3 Å². The van der Waals surface area contributed by atoms with Crippen molar-refractivity contribution in [3.05, 3.63) is 34.3 Å². The van der Waals surface area contributed by atoms with Crippen molar-refractivity contribution in [1.29, 1.82) is 0 Å². The highest BCUT2D eigenvalue weighted by atomic mass is 79.9. The molecule has 0 fully saturated rings. The van der Waals surface area contributed by atoms with Crippen LogP contribution in [0, 0.1) is 0 Å². The van der Waals surface area contributed by atoms with Gasteiger partial charge in [0.15, 0.2) is 0 Å². The minimum atomic E-state index is -4.44. The summed E-state index contributed by atoms with van der Waals surface area (Å²) < 4.78 is 38.2. The van der Waals surface area contributed by atoms with E-state index in [1.807, 2.05) is 0 Å². The molecule has 1 nitrogen and oxygen atoms in total. The minimum Gasteiger partial charge on any atom is -0.314 e. The van der Waals surface area contributed by atoms with E-state index >= 15 is 0 Å². The van der Waals surface area contributed by atoms with Crippen LogP contribution in [0.3, 0.4) is 0 Å². The Balaban J connectivity index is 3.10. The highest BCUT2D eigenvalue weighted by molar-refractivity contribution is 9.10. The van der Waals surface area contributed by atoms with Crippen molar-refractivity contribution in [3.8, 4) is 0 Å². The first-order valence-electron chi connectivity index (χ1n) is 3.87. The maximum Gasteiger partial charge on any atom is 0.410 e. The third-order valence-electron chi connectivity index (χ3n) is 2.03. The van der Waals surface area contributed by atoms with Crippen molar-refractivity contribution >= 4 is 15.9 Å². The van der Waals surface area contributed by atoms with Crippen LogP contribution in [0.5, 0.6) is 0 Å². The van der Waals surface area contributed by atoms with Crippen molar-refractivity contribution in [2.45, 2.75) is 18.6 Å². The maximum absolute atomic E-state index is 12.5. The van der Waals surface area contributed by atoms with Crippen LogP contribution in [0.15, 0.2) is 28.7 Å². The second-order valence-electron chi connectivity index (χ2n) is 3.21. The Kier molecular flexibility index (Phi) is 2.92. The molecule has 0 heterocycles. The lowest BCUT2D eigenvalue weighted by Crippen LogP contribution is -2.47. The summed E-state index contributed by atoms with van der Waals surface area (Å²) in [5.74, 6) is 0. The van der Waals surface area contributed by atoms with Gasteiger partial charge in [0, 0.05) is 4.47 Å². The van der Waals surface area contributed by atoms with Gasteiger partial charge in [0.1, 0.15) is 5.54 Å². The van der Waals surface area contributed by atoms with E-state index in [1.54, 1.807) is 0 Å². The molecule has 0 aliphatic carbocycles. The Labute approximate surface area is 88.2 Å². The Morgan fingerprint density at radius 3 is 1.93 bits per heavy atom. The molecule has 0 radical (unpaired) electrons. The summed E-state index contributed by atoms with van der Waals surface area (Å²) in [6.45, 7) is 0.955. The fourth-order valence-corrected chi connectivity index (χ4v) is 1.22. The van der Waals surface area contributed by atoms with Crippen LogP contribution < -0.4 is 5.73 Å². The third-order valence-corrected chi connectivity index (χ3v) is 2.56. The number of benzene rings is 1. The van der Waals surface area contributed by atoms with Crippen LogP contribution in [-0.4, -0.2) is 6.18 Å². The number of rotatable bonds is 1. The van der Waals surface area contributed by atoms with Crippen molar-refractivity contribution in [1.82, 2.24) is 0 Å². The average Bonchev–Trinajstić information content (AvgIpc) is 2.03. The second-order valence-corrected chi connectivity index (χ2v) is 4.12. The normalized spacial score (nSPS) is 16.4.